The minimum absolute atomic E-state index is 0.176. The Kier molecular flexibility index (Phi) is 11.6. The van der Waals surface area contributed by atoms with Crippen LogP contribution in [0.5, 0.6) is 0 Å². The van der Waals surface area contributed by atoms with Crippen molar-refractivity contribution in [2.75, 3.05) is 19.7 Å². The Labute approximate surface area is 150 Å². The van der Waals surface area contributed by atoms with E-state index in [0.29, 0.717) is 13.1 Å². The van der Waals surface area contributed by atoms with Crippen LogP contribution in [0.25, 0.3) is 0 Å². The van der Waals surface area contributed by atoms with Crippen LogP contribution in [0.4, 0.5) is 0 Å². The molecule has 0 saturated heterocycles. The third-order valence-corrected chi connectivity index (χ3v) is 3.56. The van der Waals surface area contributed by atoms with Gasteiger partial charge in [0.2, 0.25) is 0 Å². The van der Waals surface area contributed by atoms with Crippen molar-refractivity contribution in [3.8, 4) is 0 Å². The van der Waals surface area contributed by atoms with E-state index in [1.165, 1.54) is 13.1 Å². The molecule has 0 aliphatic heterocycles. The summed E-state index contributed by atoms with van der Waals surface area (Å²) < 4.78 is 2.80. The molecule has 1 heterocycles. The topological polar surface area (TPSA) is 151 Å². The number of carboxylic acids is 2. The Bertz CT molecular complexity index is 682. The first-order valence-electron chi connectivity index (χ1n) is 8.27. The molecular weight excluding hydrogens is 346 g/mol. The van der Waals surface area contributed by atoms with Crippen molar-refractivity contribution < 1.29 is 24.9 Å². The van der Waals surface area contributed by atoms with Crippen molar-refractivity contribution in [2.24, 2.45) is 7.05 Å². The lowest BCUT2D eigenvalue weighted by Crippen LogP contribution is -2.38. The largest absolute Gasteiger partial charge is 0.473 e. The zero-order valence-electron chi connectivity index (χ0n) is 15.1. The van der Waals surface area contributed by atoms with Crippen LogP contribution in [-0.2, 0) is 23.2 Å². The van der Waals surface area contributed by atoms with Crippen LogP contribution in [0.1, 0.15) is 31.4 Å². The standard InChI is InChI=1S/C14H25N3O3.C2H2O4/c1-12-11-13(19)16(2)14(20)17(12)9-6-4-3-5-7-15-8-10-18;3-1(4)2(5)6/h11,15,18H,3-10H2,1-2H3;(H,3,4)(H,5,6). The number of hydrogen-bond acceptors (Lipinski definition) is 6. The van der Waals surface area contributed by atoms with Gasteiger partial charge in [0.05, 0.1) is 6.61 Å². The first kappa shape index (κ1) is 23.5. The number of nitrogens with zero attached hydrogens (tertiary/aromatic N) is 2. The smallest absolute Gasteiger partial charge is 0.414 e. The van der Waals surface area contributed by atoms with Crippen molar-refractivity contribution in [1.82, 2.24) is 14.5 Å². The zero-order valence-corrected chi connectivity index (χ0v) is 15.1. The van der Waals surface area contributed by atoms with Gasteiger partial charge in [-0.2, -0.15) is 0 Å². The molecule has 10 heteroatoms. The van der Waals surface area contributed by atoms with E-state index in [1.807, 2.05) is 0 Å². The van der Waals surface area contributed by atoms with Crippen molar-refractivity contribution in [3.63, 3.8) is 0 Å². The second-order valence-electron chi connectivity index (χ2n) is 5.62. The summed E-state index contributed by atoms with van der Waals surface area (Å²) in [6.45, 7) is 4.19. The Morgan fingerprint density at radius 1 is 1.04 bits per heavy atom. The number of nitrogens with one attached hydrogen (secondary N) is 1. The summed E-state index contributed by atoms with van der Waals surface area (Å²) in [6, 6.07) is 1.50. The number of aryl methyl sites for hydroxylation is 1. The Balaban J connectivity index is 0.000000896. The average molecular weight is 373 g/mol. The molecule has 0 aromatic carbocycles. The van der Waals surface area contributed by atoms with Gasteiger partial charge in [-0.25, -0.2) is 14.4 Å². The predicted octanol–water partition coefficient (Wildman–Crippen LogP) is -0.847. The van der Waals surface area contributed by atoms with E-state index in [4.69, 9.17) is 24.9 Å². The van der Waals surface area contributed by atoms with Crippen LogP contribution in [0.3, 0.4) is 0 Å². The highest BCUT2D eigenvalue weighted by Crippen LogP contribution is 2.02. The number of aliphatic hydroxyl groups excluding tert-OH is 1. The second-order valence-corrected chi connectivity index (χ2v) is 5.62. The van der Waals surface area contributed by atoms with Gasteiger partial charge in [-0.15, -0.1) is 0 Å². The summed E-state index contributed by atoms with van der Waals surface area (Å²) in [5.74, 6) is -3.65. The van der Waals surface area contributed by atoms with Crippen molar-refractivity contribution >= 4 is 11.9 Å². The van der Waals surface area contributed by atoms with Gasteiger partial charge in [-0.1, -0.05) is 12.8 Å². The van der Waals surface area contributed by atoms with Crippen LogP contribution in [0.2, 0.25) is 0 Å². The first-order valence-corrected chi connectivity index (χ1v) is 8.27. The quantitative estimate of drug-likeness (QED) is 0.323. The van der Waals surface area contributed by atoms with Crippen LogP contribution in [0, 0.1) is 6.92 Å². The lowest BCUT2D eigenvalue weighted by molar-refractivity contribution is -0.159. The third kappa shape index (κ3) is 9.14. The van der Waals surface area contributed by atoms with Crippen molar-refractivity contribution in [3.05, 3.63) is 32.6 Å². The lowest BCUT2D eigenvalue weighted by Gasteiger charge is -2.10. The summed E-state index contributed by atoms with van der Waals surface area (Å²) in [7, 11) is 1.51. The van der Waals surface area contributed by atoms with Crippen LogP contribution < -0.4 is 16.6 Å². The maximum Gasteiger partial charge on any atom is 0.414 e. The van der Waals surface area contributed by atoms with Crippen molar-refractivity contribution in [2.45, 2.75) is 39.2 Å². The number of carbonyl (C=O) groups is 2. The summed E-state index contributed by atoms with van der Waals surface area (Å²) in [6.07, 6.45) is 4.15. The molecular formula is C16H27N3O7. The van der Waals surface area contributed by atoms with Gasteiger partial charge < -0.3 is 20.6 Å². The van der Waals surface area contributed by atoms with E-state index in [1.54, 1.807) is 11.5 Å². The number of unbranched alkanes of at least 4 members (excludes halogenated alkanes) is 3. The van der Waals surface area contributed by atoms with Gasteiger partial charge in [-0.3, -0.25) is 13.9 Å². The molecule has 0 saturated carbocycles. The van der Waals surface area contributed by atoms with E-state index in [-0.39, 0.29) is 17.9 Å². The van der Waals surface area contributed by atoms with Gasteiger partial charge in [0.25, 0.3) is 5.56 Å². The molecule has 1 aromatic rings. The molecule has 10 nitrogen and oxygen atoms in total. The fraction of sp³-hybridized carbons (Fsp3) is 0.625. The first-order chi connectivity index (χ1) is 12.2. The van der Waals surface area contributed by atoms with E-state index in [2.05, 4.69) is 5.32 Å². The fourth-order valence-electron chi connectivity index (χ4n) is 2.13. The van der Waals surface area contributed by atoms with Gasteiger partial charge >= 0.3 is 17.6 Å². The molecule has 4 N–H and O–H groups in total. The minimum Gasteiger partial charge on any atom is -0.473 e. The van der Waals surface area contributed by atoms with E-state index >= 15 is 0 Å². The molecule has 26 heavy (non-hydrogen) atoms. The highest BCUT2D eigenvalue weighted by molar-refractivity contribution is 6.27. The van der Waals surface area contributed by atoms with Gasteiger partial charge in [0.15, 0.2) is 0 Å². The number of rotatable bonds is 9. The third-order valence-electron chi connectivity index (χ3n) is 3.56. The maximum atomic E-state index is 11.9. The maximum absolute atomic E-state index is 11.9. The molecule has 0 aliphatic rings. The minimum atomic E-state index is -1.82. The summed E-state index contributed by atoms with van der Waals surface area (Å²) in [5, 5.41) is 26.5. The summed E-state index contributed by atoms with van der Waals surface area (Å²) in [4.78, 5) is 41.6. The van der Waals surface area contributed by atoms with Gasteiger partial charge in [0, 0.05) is 31.9 Å². The highest BCUT2D eigenvalue weighted by atomic mass is 16.4. The Morgan fingerprint density at radius 3 is 2.15 bits per heavy atom. The molecule has 0 spiro atoms. The fourth-order valence-corrected chi connectivity index (χ4v) is 2.13. The molecule has 0 bridgehead atoms. The molecule has 0 unspecified atom stereocenters. The SMILES string of the molecule is Cc1cc(=O)n(C)c(=O)n1CCCCCCNCCO.O=C(O)C(=O)O. The van der Waals surface area contributed by atoms with Crippen molar-refractivity contribution in [1.29, 1.82) is 0 Å². The number of hydrogen-bond donors (Lipinski definition) is 4. The monoisotopic (exact) mass is 373 g/mol. The van der Waals surface area contributed by atoms with Crippen LogP contribution >= 0.6 is 0 Å². The molecule has 0 fully saturated rings. The lowest BCUT2D eigenvalue weighted by atomic mass is 10.2. The number of aliphatic hydroxyl groups is 1. The second kappa shape index (κ2) is 12.8. The van der Waals surface area contributed by atoms with Crippen LogP contribution in [0.15, 0.2) is 15.7 Å². The molecule has 1 rings (SSSR count). The number of aromatic nitrogens is 2. The molecule has 148 valence electrons. The number of carboxylic acid groups (broad SMARTS) is 2. The Hall–Kier alpha value is -2.46. The van der Waals surface area contributed by atoms with E-state index in [9.17, 15) is 9.59 Å². The van der Waals surface area contributed by atoms with Gasteiger partial charge in [0.1, 0.15) is 0 Å². The normalized spacial score (nSPS) is 10.1. The van der Waals surface area contributed by atoms with E-state index < -0.39 is 11.9 Å². The molecule has 1 aromatic heterocycles. The number of aliphatic carboxylic acids is 2. The highest BCUT2D eigenvalue weighted by Gasteiger charge is 2.05. The molecule has 0 aliphatic carbocycles. The average Bonchev–Trinajstić information content (AvgIpc) is 2.58. The Morgan fingerprint density at radius 2 is 1.62 bits per heavy atom. The summed E-state index contributed by atoms with van der Waals surface area (Å²) in [5.41, 5.74) is 0.237. The summed E-state index contributed by atoms with van der Waals surface area (Å²) >= 11 is 0. The zero-order chi connectivity index (χ0) is 20.1. The molecule has 0 atom stereocenters. The molecule has 0 radical (unpaired) electrons. The van der Waals surface area contributed by atoms with Gasteiger partial charge in [-0.05, 0) is 26.3 Å². The molecule has 0 amide bonds. The predicted molar refractivity (Wildman–Crippen MR) is 94.4 cm³/mol. The van der Waals surface area contributed by atoms with Crippen LogP contribution in [-0.4, -0.2) is 56.1 Å². The van der Waals surface area contributed by atoms with E-state index in [0.717, 1.165) is 42.5 Å².